The van der Waals surface area contributed by atoms with Crippen LogP contribution in [-0.4, -0.2) is 18.1 Å². The highest BCUT2D eigenvalue weighted by atomic mass is 16.6. The SMILES string of the molecule is CC(C)CCC[C@H](NC(=O)OCc1ccccc1)C(=O)OCc1ccccc1. The van der Waals surface area contributed by atoms with Gasteiger partial charge in [-0.3, -0.25) is 0 Å². The lowest BCUT2D eigenvalue weighted by molar-refractivity contribution is -0.147. The van der Waals surface area contributed by atoms with Crippen molar-refractivity contribution in [3.05, 3.63) is 71.8 Å². The molecule has 2 rings (SSSR count). The normalized spacial score (nSPS) is 11.7. The molecule has 1 atom stereocenters. The van der Waals surface area contributed by atoms with Crippen LogP contribution in [0.15, 0.2) is 60.7 Å². The van der Waals surface area contributed by atoms with Gasteiger partial charge in [0.15, 0.2) is 0 Å². The smallest absolute Gasteiger partial charge is 0.408 e. The number of esters is 1. The van der Waals surface area contributed by atoms with Gasteiger partial charge < -0.3 is 14.8 Å². The van der Waals surface area contributed by atoms with Gasteiger partial charge in [0.1, 0.15) is 19.3 Å². The third kappa shape index (κ3) is 8.25. The molecule has 28 heavy (non-hydrogen) atoms. The molecular formula is C23H29NO4. The van der Waals surface area contributed by atoms with Crippen molar-refractivity contribution in [2.45, 2.75) is 52.4 Å². The van der Waals surface area contributed by atoms with Gasteiger partial charge in [-0.15, -0.1) is 0 Å². The summed E-state index contributed by atoms with van der Waals surface area (Å²) in [5, 5.41) is 2.66. The second kappa shape index (κ2) is 11.8. The minimum Gasteiger partial charge on any atom is -0.459 e. The van der Waals surface area contributed by atoms with Gasteiger partial charge in [0.2, 0.25) is 0 Å². The Kier molecular flexibility index (Phi) is 9.05. The molecule has 0 unspecified atom stereocenters. The van der Waals surface area contributed by atoms with Crippen LogP contribution in [0, 0.1) is 5.92 Å². The van der Waals surface area contributed by atoms with E-state index in [9.17, 15) is 9.59 Å². The first-order chi connectivity index (χ1) is 13.5. The van der Waals surface area contributed by atoms with E-state index in [4.69, 9.17) is 9.47 Å². The molecule has 2 aromatic rings. The standard InChI is InChI=1S/C23H29NO4/c1-18(2)10-9-15-21(22(25)27-16-19-11-5-3-6-12-19)24-23(26)28-17-20-13-7-4-8-14-20/h3-8,11-14,18,21H,9-10,15-17H2,1-2H3,(H,24,26)/t21-/m0/s1. The van der Waals surface area contributed by atoms with Gasteiger partial charge in [-0.2, -0.15) is 0 Å². The number of carbonyl (C=O) groups excluding carboxylic acids is 2. The Morgan fingerprint density at radius 1 is 0.821 bits per heavy atom. The lowest BCUT2D eigenvalue weighted by Crippen LogP contribution is -2.42. The highest BCUT2D eigenvalue weighted by molar-refractivity contribution is 5.81. The average Bonchev–Trinajstić information content (AvgIpc) is 2.71. The Bertz CT molecular complexity index is 716. The summed E-state index contributed by atoms with van der Waals surface area (Å²) in [6.07, 6.45) is 1.70. The third-order valence-electron chi connectivity index (χ3n) is 4.29. The topological polar surface area (TPSA) is 64.6 Å². The molecule has 0 spiro atoms. The van der Waals surface area contributed by atoms with Crippen LogP contribution in [0.25, 0.3) is 0 Å². The van der Waals surface area contributed by atoms with Crippen molar-refractivity contribution in [3.63, 3.8) is 0 Å². The molecule has 0 aliphatic heterocycles. The van der Waals surface area contributed by atoms with Crippen molar-refractivity contribution in [3.8, 4) is 0 Å². The van der Waals surface area contributed by atoms with Gasteiger partial charge in [-0.05, 0) is 23.5 Å². The fourth-order valence-corrected chi connectivity index (χ4v) is 2.72. The molecule has 5 heteroatoms. The maximum atomic E-state index is 12.5. The number of rotatable bonds is 10. The summed E-state index contributed by atoms with van der Waals surface area (Å²) in [6.45, 7) is 4.60. The van der Waals surface area contributed by atoms with Gasteiger partial charge in [0.05, 0.1) is 0 Å². The summed E-state index contributed by atoms with van der Waals surface area (Å²) in [7, 11) is 0. The van der Waals surface area contributed by atoms with Crippen molar-refractivity contribution >= 4 is 12.1 Å². The molecule has 1 N–H and O–H groups in total. The molecule has 5 nitrogen and oxygen atoms in total. The fraction of sp³-hybridized carbons (Fsp3) is 0.391. The third-order valence-corrected chi connectivity index (χ3v) is 4.29. The predicted octanol–water partition coefficient (Wildman–Crippen LogP) is 4.85. The molecule has 150 valence electrons. The fourth-order valence-electron chi connectivity index (χ4n) is 2.72. The Balaban J connectivity index is 1.87. The molecule has 1 amide bonds. The Hall–Kier alpha value is -2.82. The van der Waals surface area contributed by atoms with Crippen molar-refractivity contribution in [1.82, 2.24) is 5.32 Å². The summed E-state index contributed by atoms with van der Waals surface area (Å²) in [5.41, 5.74) is 1.80. The Morgan fingerprint density at radius 3 is 1.89 bits per heavy atom. The highest BCUT2D eigenvalue weighted by Crippen LogP contribution is 2.11. The van der Waals surface area contributed by atoms with Crippen LogP contribution in [0.3, 0.4) is 0 Å². The molecule has 0 fully saturated rings. The zero-order valence-electron chi connectivity index (χ0n) is 16.6. The lowest BCUT2D eigenvalue weighted by atomic mass is 10.0. The van der Waals surface area contributed by atoms with E-state index in [1.807, 2.05) is 60.7 Å². The summed E-state index contributed by atoms with van der Waals surface area (Å²) >= 11 is 0. The average molecular weight is 383 g/mol. The van der Waals surface area contributed by atoms with E-state index in [1.165, 1.54) is 0 Å². The van der Waals surface area contributed by atoms with E-state index in [1.54, 1.807) is 0 Å². The number of amides is 1. The molecule has 0 saturated heterocycles. The summed E-state index contributed by atoms with van der Waals surface area (Å²) in [6, 6.07) is 18.2. The largest absolute Gasteiger partial charge is 0.459 e. The quantitative estimate of drug-likeness (QED) is 0.596. The van der Waals surface area contributed by atoms with Gasteiger partial charge >= 0.3 is 12.1 Å². The van der Waals surface area contributed by atoms with Crippen molar-refractivity contribution in [2.75, 3.05) is 0 Å². The Labute approximate surface area is 167 Å². The Morgan fingerprint density at radius 2 is 1.36 bits per heavy atom. The minimum absolute atomic E-state index is 0.157. The van der Waals surface area contributed by atoms with Crippen LogP contribution in [0.4, 0.5) is 4.79 Å². The van der Waals surface area contributed by atoms with Crippen LogP contribution >= 0.6 is 0 Å². The van der Waals surface area contributed by atoms with Crippen molar-refractivity contribution < 1.29 is 19.1 Å². The summed E-state index contributed by atoms with van der Waals surface area (Å²) in [4.78, 5) is 24.7. The van der Waals surface area contributed by atoms with E-state index < -0.39 is 18.1 Å². The van der Waals surface area contributed by atoms with Crippen LogP contribution in [0.1, 0.15) is 44.2 Å². The zero-order valence-corrected chi connectivity index (χ0v) is 16.6. The van der Waals surface area contributed by atoms with Crippen LogP contribution in [-0.2, 0) is 27.5 Å². The van der Waals surface area contributed by atoms with Gasteiger partial charge in [-0.1, -0.05) is 87.4 Å². The molecule has 0 saturated carbocycles. The second-order valence-corrected chi connectivity index (χ2v) is 7.18. The van der Waals surface area contributed by atoms with Crippen molar-refractivity contribution in [2.24, 2.45) is 5.92 Å². The molecule has 0 aromatic heterocycles. The maximum absolute atomic E-state index is 12.5. The summed E-state index contributed by atoms with van der Waals surface area (Å²) < 4.78 is 10.6. The van der Waals surface area contributed by atoms with Crippen LogP contribution in [0.5, 0.6) is 0 Å². The molecule has 0 aliphatic rings. The highest BCUT2D eigenvalue weighted by Gasteiger charge is 2.23. The second-order valence-electron chi connectivity index (χ2n) is 7.18. The number of ether oxygens (including phenoxy) is 2. The zero-order chi connectivity index (χ0) is 20.2. The van der Waals surface area contributed by atoms with E-state index in [0.29, 0.717) is 12.3 Å². The number of hydrogen-bond acceptors (Lipinski definition) is 4. The molecule has 2 aromatic carbocycles. The van der Waals surface area contributed by atoms with E-state index in [-0.39, 0.29) is 13.2 Å². The number of nitrogens with one attached hydrogen (secondary N) is 1. The van der Waals surface area contributed by atoms with Crippen LogP contribution in [0.2, 0.25) is 0 Å². The number of benzene rings is 2. The minimum atomic E-state index is -0.717. The van der Waals surface area contributed by atoms with Crippen molar-refractivity contribution in [1.29, 1.82) is 0 Å². The van der Waals surface area contributed by atoms with E-state index in [0.717, 1.165) is 24.0 Å². The molecule has 0 aliphatic carbocycles. The first-order valence-electron chi connectivity index (χ1n) is 9.72. The molecule has 0 heterocycles. The van der Waals surface area contributed by atoms with Crippen LogP contribution < -0.4 is 5.32 Å². The lowest BCUT2D eigenvalue weighted by Gasteiger charge is -2.18. The molecule has 0 bridgehead atoms. The first-order valence-corrected chi connectivity index (χ1v) is 9.72. The monoisotopic (exact) mass is 383 g/mol. The maximum Gasteiger partial charge on any atom is 0.408 e. The van der Waals surface area contributed by atoms with E-state index >= 15 is 0 Å². The van der Waals surface area contributed by atoms with Gasteiger partial charge in [-0.25, -0.2) is 9.59 Å². The summed E-state index contributed by atoms with van der Waals surface area (Å²) in [5.74, 6) is 0.0929. The van der Waals surface area contributed by atoms with Gasteiger partial charge in [0, 0.05) is 0 Å². The number of carbonyl (C=O) groups is 2. The number of alkyl carbamates (subject to hydrolysis) is 1. The molecule has 0 radical (unpaired) electrons. The number of hydrogen-bond donors (Lipinski definition) is 1. The van der Waals surface area contributed by atoms with E-state index in [2.05, 4.69) is 19.2 Å². The first kappa shape index (κ1) is 21.5. The van der Waals surface area contributed by atoms with Gasteiger partial charge in [0.25, 0.3) is 0 Å². The molecular weight excluding hydrogens is 354 g/mol. The predicted molar refractivity (Wildman–Crippen MR) is 108 cm³/mol.